The number of hydrogen-bond donors (Lipinski definition) is 1. The van der Waals surface area contributed by atoms with Crippen LogP contribution in [0.25, 0.3) is 10.2 Å². The van der Waals surface area contributed by atoms with E-state index in [1.165, 1.54) is 0 Å². The number of benzene rings is 2. The van der Waals surface area contributed by atoms with Gasteiger partial charge in [-0.25, -0.2) is 4.98 Å². The molecule has 0 radical (unpaired) electrons. The van der Waals surface area contributed by atoms with Crippen molar-refractivity contribution in [2.75, 3.05) is 12.4 Å². The molecule has 0 fully saturated rings. The minimum atomic E-state index is 0.844. The number of ether oxygens (including phenoxy) is 1. The Labute approximate surface area is 137 Å². The number of fused-ring (bicyclic) bond motifs is 1. The molecule has 0 aliphatic rings. The zero-order valence-electron chi connectivity index (χ0n) is 10.5. The fourth-order valence-electron chi connectivity index (χ4n) is 1.79. The molecule has 0 amide bonds. The first-order valence-electron chi connectivity index (χ1n) is 5.82. The van der Waals surface area contributed by atoms with E-state index in [9.17, 15) is 0 Å². The molecule has 3 nitrogen and oxygen atoms in total. The molecule has 102 valence electrons. The number of rotatable bonds is 3. The minimum absolute atomic E-state index is 0.844. The fourth-order valence-corrected chi connectivity index (χ4v) is 3.41. The van der Waals surface area contributed by atoms with Crippen molar-refractivity contribution in [1.29, 1.82) is 0 Å². The quantitative estimate of drug-likeness (QED) is 0.609. The first-order chi connectivity index (χ1) is 9.65. The third kappa shape index (κ3) is 2.82. The van der Waals surface area contributed by atoms with Crippen molar-refractivity contribution in [3.8, 4) is 5.75 Å². The van der Waals surface area contributed by atoms with Crippen molar-refractivity contribution in [1.82, 2.24) is 4.98 Å². The van der Waals surface area contributed by atoms with Crippen molar-refractivity contribution in [2.24, 2.45) is 0 Å². The Bertz CT molecular complexity index is 773. The van der Waals surface area contributed by atoms with Crippen LogP contribution in [0.5, 0.6) is 5.75 Å². The van der Waals surface area contributed by atoms with Crippen LogP contribution in [0.1, 0.15) is 0 Å². The SMILES string of the molecule is COc1ccc2nc(Nc3cc(Br)ccc3Br)sc2c1. The lowest BCUT2D eigenvalue weighted by Gasteiger charge is -2.05. The molecule has 1 aromatic heterocycles. The van der Waals surface area contributed by atoms with E-state index in [1.807, 2.05) is 36.4 Å². The maximum Gasteiger partial charge on any atom is 0.188 e. The number of aromatic nitrogens is 1. The summed E-state index contributed by atoms with van der Waals surface area (Å²) in [5.74, 6) is 0.844. The van der Waals surface area contributed by atoms with Crippen LogP contribution < -0.4 is 10.1 Å². The molecule has 0 saturated heterocycles. The van der Waals surface area contributed by atoms with Gasteiger partial charge in [0.05, 0.1) is 23.0 Å². The molecule has 0 saturated carbocycles. The maximum absolute atomic E-state index is 5.23. The lowest BCUT2D eigenvalue weighted by Crippen LogP contribution is -1.90. The van der Waals surface area contributed by atoms with Crippen LogP contribution in [-0.4, -0.2) is 12.1 Å². The van der Waals surface area contributed by atoms with E-state index in [0.29, 0.717) is 0 Å². The first kappa shape index (κ1) is 13.9. The molecule has 0 bridgehead atoms. The Morgan fingerprint density at radius 3 is 2.80 bits per heavy atom. The van der Waals surface area contributed by atoms with Crippen molar-refractivity contribution in [2.45, 2.75) is 0 Å². The number of nitrogens with one attached hydrogen (secondary N) is 1. The lowest BCUT2D eigenvalue weighted by atomic mass is 10.3. The largest absolute Gasteiger partial charge is 0.497 e. The molecule has 2 aromatic carbocycles. The highest BCUT2D eigenvalue weighted by atomic mass is 79.9. The summed E-state index contributed by atoms with van der Waals surface area (Å²) in [7, 11) is 1.67. The summed E-state index contributed by atoms with van der Waals surface area (Å²) >= 11 is 8.59. The van der Waals surface area contributed by atoms with Crippen LogP contribution in [0.4, 0.5) is 10.8 Å². The molecule has 3 rings (SSSR count). The summed E-state index contributed by atoms with van der Waals surface area (Å²) < 4.78 is 8.34. The molecule has 20 heavy (non-hydrogen) atoms. The van der Waals surface area contributed by atoms with E-state index in [4.69, 9.17) is 4.74 Å². The highest BCUT2D eigenvalue weighted by Gasteiger charge is 2.07. The zero-order valence-corrected chi connectivity index (χ0v) is 14.5. The van der Waals surface area contributed by atoms with Crippen molar-refractivity contribution in [3.05, 3.63) is 45.3 Å². The predicted molar refractivity (Wildman–Crippen MR) is 91.3 cm³/mol. The summed E-state index contributed by atoms with van der Waals surface area (Å²) in [5.41, 5.74) is 1.94. The second kappa shape index (κ2) is 5.71. The molecular weight excluding hydrogens is 404 g/mol. The summed E-state index contributed by atoms with van der Waals surface area (Å²) in [6.07, 6.45) is 0. The normalized spacial score (nSPS) is 10.8. The zero-order chi connectivity index (χ0) is 14.1. The smallest absolute Gasteiger partial charge is 0.188 e. The van der Waals surface area contributed by atoms with Crippen LogP contribution in [0.2, 0.25) is 0 Å². The summed E-state index contributed by atoms with van der Waals surface area (Å²) in [6, 6.07) is 11.9. The first-order valence-corrected chi connectivity index (χ1v) is 8.22. The van der Waals surface area contributed by atoms with Gasteiger partial charge in [0.15, 0.2) is 5.13 Å². The van der Waals surface area contributed by atoms with Gasteiger partial charge in [-0.3, -0.25) is 0 Å². The van der Waals surface area contributed by atoms with Gasteiger partial charge in [-0.2, -0.15) is 0 Å². The number of methoxy groups -OCH3 is 1. The highest BCUT2D eigenvalue weighted by Crippen LogP contribution is 2.34. The molecule has 0 aliphatic heterocycles. The second-order valence-corrected chi connectivity index (χ2v) is 6.90. The van der Waals surface area contributed by atoms with Gasteiger partial charge in [0.1, 0.15) is 5.75 Å². The van der Waals surface area contributed by atoms with Gasteiger partial charge in [0, 0.05) is 8.95 Å². The average Bonchev–Trinajstić information content (AvgIpc) is 2.84. The van der Waals surface area contributed by atoms with E-state index in [-0.39, 0.29) is 0 Å². The number of thiazole rings is 1. The standard InChI is InChI=1S/C14H10Br2N2OS/c1-19-9-3-5-11-13(7-9)20-14(17-11)18-12-6-8(15)2-4-10(12)16/h2-7H,1H3,(H,17,18). The number of hydrogen-bond acceptors (Lipinski definition) is 4. The third-order valence-electron chi connectivity index (χ3n) is 2.77. The van der Waals surface area contributed by atoms with E-state index in [1.54, 1.807) is 18.4 Å². The van der Waals surface area contributed by atoms with Crippen LogP contribution in [-0.2, 0) is 0 Å². The Hall–Kier alpha value is -1.11. The Balaban J connectivity index is 1.96. The van der Waals surface area contributed by atoms with Crippen LogP contribution in [0.15, 0.2) is 45.3 Å². The Kier molecular flexibility index (Phi) is 3.96. The Morgan fingerprint density at radius 1 is 1.15 bits per heavy atom. The predicted octanol–water partition coefficient (Wildman–Crippen LogP) is 5.57. The fraction of sp³-hybridized carbons (Fsp3) is 0.0714. The molecular formula is C14H10Br2N2OS. The van der Waals surface area contributed by atoms with Crippen LogP contribution >= 0.6 is 43.2 Å². The number of halogens is 2. The summed E-state index contributed by atoms with van der Waals surface area (Å²) in [5, 5.41) is 4.18. The molecule has 1 heterocycles. The molecule has 0 atom stereocenters. The molecule has 0 aliphatic carbocycles. The van der Waals surface area contributed by atoms with Crippen LogP contribution in [0, 0.1) is 0 Å². The van der Waals surface area contributed by atoms with E-state index < -0.39 is 0 Å². The van der Waals surface area contributed by atoms with E-state index in [2.05, 4.69) is 42.2 Å². The lowest BCUT2D eigenvalue weighted by molar-refractivity contribution is 0.415. The number of nitrogens with zero attached hydrogens (tertiary/aromatic N) is 1. The van der Waals surface area contributed by atoms with Gasteiger partial charge in [0.2, 0.25) is 0 Å². The summed E-state index contributed by atoms with van der Waals surface area (Å²) in [6.45, 7) is 0. The van der Waals surface area contributed by atoms with Crippen molar-refractivity contribution >= 4 is 64.2 Å². The van der Waals surface area contributed by atoms with Gasteiger partial charge >= 0.3 is 0 Å². The molecule has 6 heteroatoms. The van der Waals surface area contributed by atoms with E-state index >= 15 is 0 Å². The Morgan fingerprint density at radius 2 is 2.00 bits per heavy atom. The van der Waals surface area contributed by atoms with Crippen molar-refractivity contribution < 1.29 is 4.74 Å². The van der Waals surface area contributed by atoms with Gasteiger partial charge in [0.25, 0.3) is 0 Å². The van der Waals surface area contributed by atoms with E-state index in [0.717, 1.165) is 35.7 Å². The molecule has 0 spiro atoms. The monoisotopic (exact) mass is 412 g/mol. The second-order valence-electron chi connectivity index (χ2n) is 4.10. The summed E-state index contributed by atoms with van der Waals surface area (Å²) in [4.78, 5) is 4.57. The van der Waals surface area contributed by atoms with Gasteiger partial charge in [-0.05, 0) is 52.3 Å². The average molecular weight is 414 g/mol. The molecule has 3 aromatic rings. The van der Waals surface area contributed by atoms with Crippen molar-refractivity contribution in [3.63, 3.8) is 0 Å². The highest BCUT2D eigenvalue weighted by molar-refractivity contribution is 9.11. The molecule has 0 unspecified atom stereocenters. The maximum atomic E-state index is 5.23. The third-order valence-corrected chi connectivity index (χ3v) is 4.88. The van der Waals surface area contributed by atoms with Gasteiger partial charge in [-0.15, -0.1) is 0 Å². The minimum Gasteiger partial charge on any atom is -0.497 e. The molecule has 1 N–H and O–H groups in total. The van der Waals surface area contributed by atoms with Crippen LogP contribution in [0.3, 0.4) is 0 Å². The number of anilines is 2. The van der Waals surface area contributed by atoms with Gasteiger partial charge in [-0.1, -0.05) is 27.3 Å². The van der Waals surface area contributed by atoms with Gasteiger partial charge < -0.3 is 10.1 Å². The topological polar surface area (TPSA) is 34.1 Å².